The van der Waals surface area contributed by atoms with Crippen molar-refractivity contribution in [1.82, 2.24) is 10.3 Å². The maximum absolute atomic E-state index is 12.5. The lowest BCUT2D eigenvalue weighted by Gasteiger charge is -2.12. The average molecular weight is 346 g/mol. The average Bonchev–Trinajstić information content (AvgIpc) is 3.37. The van der Waals surface area contributed by atoms with Gasteiger partial charge in [-0.1, -0.05) is 25.3 Å². The van der Waals surface area contributed by atoms with Crippen molar-refractivity contribution in [2.75, 3.05) is 10.5 Å². The molecular formula is C19H27N3OS. The third kappa shape index (κ3) is 3.89. The fourth-order valence-corrected chi connectivity index (χ4v) is 3.79. The van der Waals surface area contributed by atoms with Crippen molar-refractivity contribution in [3.63, 3.8) is 0 Å². The van der Waals surface area contributed by atoms with E-state index in [0.29, 0.717) is 11.6 Å². The number of H-pyrrole nitrogens is 1. The first-order valence-corrected chi connectivity index (χ1v) is 9.89. The van der Waals surface area contributed by atoms with Crippen LogP contribution in [0, 0.1) is 12.8 Å². The molecule has 1 fully saturated rings. The Morgan fingerprint density at radius 1 is 1.42 bits per heavy atom. The fourth-order valence-electron chi connectivity index (χ4n) is 2.96. The molecule has 1 aromatic carbocycles. The third-order valence-electron chi connectivity index (χ3n) is 4.76. The second-order valence-electron chi connectivity index (χ2n) is 6.79. The molecule has 3 N–H and O–H groups in total. The zero-order chi connectivity index (χ0) is 17.1. The number of carbonyl (C=O) groups excluding carboxylic acids is 1. The summed E-state index contributed by atoms with van der Waals surface area (Å²) in [6.45, 7) is 6.32. The number of hydrogen-bond donors (Lipinski definition) is 3. The van der Waals surface area contributed by atoms with Crippen LogP contribution in [-0.4, -0.2) is 22.7 Å². The number of benzene rings is 1. The number of rotatable bonds is 8. The van der Waals surface area contributed by atoms with Gasteiger partial charge in [0.15, 0.2) is 0 Å². The quantitative estimate of drug-likeness (QED) is 0.473. The second kappa shape index (κ2) is 7.51. The number of aryl methyl sites for hydroxylation is 1. The standard InChI is InChI=1S/C19H27N3OS/c1-4-5-10-24-22-15-8-9-17-16(11-15)12(2)18(21-17)19(23)20-13(3)14-6-7-14/h8-9,11,13-14,21-22H,4-7,10H2,1-3H3,(H,20,23). The van der Waals surface area contributed by atoms with Gasteiger partial charge in [0.1, 0.15) is 5.69 Å². The summed E-state index contributed by atoms with van der Waals surface area (Å²) in [6.07, 6.45) is 4.89. The van der Waals surface area contributed by atoms with Gasteiger partial charge in [0.2, 0.25) is 0 Å². The van der Waals surface area contributed by atoms with E-state index in [1.807, 2.05) is 13.0 Å². The van der Waals surface area contributed by atoms with Gasteiger partial charge in [-0.3, -0.25) is 4.79 Å². The number of fused-ring (bicyclic) bond motifs is 1. The Bertz CT molecular complexity index is 721. The predicted octanol–water partition coefficient (Wildman–Crippen LogP) is 4.86. The van der Waals surface area contributed by atoms with Crippen LogP contribution in [0.1, 0.15) is 55.6 Å². The molecule has 1 aromatic heterocycles. The molecular weight excluding hydrogens is 318 g/mol. The first-order valence-electron chi connectivity index (χ1n) is 8.91. The number of carbonyl (C=O) groups is 1. The van der Waals surface area contributed by atoms with Crippen LogP contribution in [0.15, 0.2) is 18.2 Å². The van der Waals surface area contributed by atoms with E-state index in [1.54, 1.807) is 11.9 Å². The zero-order valence-corrected chi connectivity index (χ0v) is 15.6. The van der Waals surface area contributed by atoms with Crippen molar-refractivity contribution in [1.29, 1.82) is 0 Å². The molecule has 1 amide bonds. The van der Waals surface area contributed by atoms with E-state index >= 15 is 0 Å². The van der Waals surface area contributed by atoms with Crippen molar-refractivity contribution in [3.05, 3.63) is 29.5 Å². The van der Waals surface area contributed by atoms with Crippen LogP contribution in [-0.2, 0) is 0 Å². The van der Waals surface area contributed by atoms with Crippen LogP contribution in [0.25, 0.3) is 10.9 Å². The van der Waals surface area contributed by atoms with Gasteiger partial charge in [-0.15, -0.1) is 0 Å². The molecule has 0 bridgehead atoms. The van der Waals surface area contributed by atoms with Gasteiger partial charge < -0.3 is 15.0 Å². The Balaban J connectivity index is 1.73. The number of anilines is 1. The molecule has 0 spiro atoms. The van der Waals surface area contributed by atoms with Gasteiger partial charge in [0.25, 0.3) is 5.91 Å². The van der Waals surface area contributed by atoms with Crippen molar-refractivity contribution in [2.45, 2.75) is 52.5 Å². The molecule has 1 unspecified atom stereocenters. The summed E-state index contributed by atoms with van der Waals surface area (Å²) in [5.74, 6) is 1.78. The van der Waals surface area contributed by atoms with Gasteiger partial charge in [-0.05, 0) is 62.8 Å². The highest BCUT2D eigenvalue weighted by molar-refractivity contribution is 8.00. The molecule has 5 heteroatoms. The zero-order valence-electron chi connectivity index (χ0n) is 14.7. The summed E-state index contributed by atoms with van der Waals surface area (Å²) in [4.78, 5) is 15.8. The first-order chi connectivity index (χ1) is 11.6. The van der Waals surface area contributed by atoms with Crippen LogP contribution in [0.3, 0.4) is 0 Å². The Hall–Kier alpha value is -1.62. The van der Waals surface area contributed by atoms with E-state index in [0.717, 1.165) is 27.9 Å². The van der Waals surface area contributed by atoms with Gasteiger partial charge in [-0.2, -0.15) is 0 Å². The van der Waals surface area contributed by atoms with E-state index < -0.39 is 0 Å². The van der Waals surface area contributed by atoms with Crippen LogP contribution in [0.5, 0.6) is 0 Å². The normalized spacial score (nSPS) is 15.5. The maximum atomic E-state index is 12.5. The van der Waals surface area contributed by atoms with Gasteiger partial charge in [0, 0.05) is 28.4 Å². The third-order valence-corrected chi connectivity index (χ3v) is 5.64. The molecule has 130 valence electrons. The lowest BCUT2D eigenvalue weighted by Crippen LogP contribution is -2.34. The Labute approximate surface area is 148 Å². The van der Waals surface area contributed by atoms with E-state index in [1.165, 1.54) is 25.7 Å². The predicted molar refractivity (Wildman–Crippen MR) is 104 cm³/mol. The minimum atomic E-state index is 0.00919. The molecule has 3 rings (SSSR count). The lowest BCUT2D eigenvalue weighted by molar-refractivity contribution is 0.0931. The smallest absolute Gasteiger partial charge is 0.268 e. The number of aromatic nitrogens is 1. The number of unbranched alkanes of at least 4 members (excludes halogenated alkanes) is 1. The first kappa shape index (κ1) is 17.2. The summed E-state index contributed by atoms with van der Waals surface area (Å²) in [7, 11) is 0. The van der Waals surface area contributed by atoms with Crippen LogP contribution in [0.4, 0.5) is 5.69 Å². The number of aromatic amines is 1. The van der Waals surface area contributed by atoms with Crippen LogP contribution < -0.4 is 10.0 Å². The molecule has 0 saturated heterocycles. The number of nitrogens with one attached hydrogen (secondary N) is 3. The molecule has 4 nitrogen and oxygen atoms in total. The fraction of sp³-hybridized carbons (Fsp3) is 0.526. The summed E-state index contributed by atoms with van der Waals surface area (Å²) in [5, 5.41) is 4.24. The minimum Gasteiger partial charge on any atom is -0.350 e. The van der Waals surface area contributed by atoms with Crippen molar-refractivity contribution in [2.24, 2.45) is 5.92 Å². The monoisotopic (exact) mass is 345 g/mol. The molecule has 1 atom stereocenters. The largest absolute Gasteiger partial charge is 0.350 e. The molecule has 2 aromatic rings. The SMILES string of the molecule is CCCCSNc1ccc2[nH]c(C(=O)NC(C)C3CC3)c(C)c2c1. The van der Waals surface area contributed by atoms with Crippen molar-refractivity contribution < 1.29 is 4.79 Å². The summed E-state index contributed by atoms with van der Waals surface area (Å²) in [6, 6.07) is 6.49. The topological polar surface area (TPSA) is 56.9 Å². The maximum Gasteiger partial charge on any atom is 0.268 e. The van der Waals surface area contributed by atoms with E-state index in [4.69, 9.17) is 0 Å². The Morgan fingerprint density at radius 2 is 2.21 bits per heavy atom. The molecule has 1 heterocycles. The highest BCUT2D eigenvalue weighted by Crippen LogP contribution is 2.32. The summed E-state index contributed by atoms with van der Waals surface area (Å²) in [5.41, 5.74) is 3.81. The van der Waals surface area contributed by atoms with Crippen molar-refractivity contribution in [3.8, 4) is 0 Å². The van der Waals surface area contributed by atoms with Crippen molar-refractivity contribution >= 4 is 34.4 Å². The van der Waals surface area contributed by atoms with Crippen LogP contribution >= 0.6 is 11.9 Å². The molecule has 1 saturated carbocycles. The highest BCUT2D eigenvalue weighted by atomic mass is 32.2. The Morgan fingerprint density at radius 3 is 2.92 bits per heavy atom. The molecule has 24 heavy (non-hydrogen) atoms. The van der Waals surface area contributed by atoms with E-state index in [2.05, 4.69) is 41.0 Å². The van der Waals surface area contributed by atoms with Crippen LogP contribution in [0.2, 0.25) is 0 Å². The number of amides is 1. The van der Waals surface area contributed by atoms with Gasteiger partial charge in [0.05, 0.1) is 0 Å². The summed E-state index contributed by atoms with van der Waals surface area (Å²) < 4.78 is 3.39. The Kier molecular flexibility index (Phi) is 5.39. The highest BCUT2D eigenvalue weighted by Gasteiger charge is 2.29. The van der Waals surface area contributed by atoms with Gasteiger partial charge in [-0.25, -0.2) is 0 Å². The van der Waals surface area contributed by atoms with E-state index in [-0.39, 0.29) is 11.9 Å². The second-order valence-corrected chi connectivity index (χ2v) is 7.69. The molecule has 1 aliphatic carbocycles. The van der Waals surface area contributed by atoms with Gasteiger partial charge >= 0.3 is 0 Å². The molecule has 0 aliphatic heterocycles. The molecule has 1 aliphatic rings. The minimum absolute atomic E-state index is 0.00919. The number of hydrogen-bond acceptors (Lipinski definition) is 3. The molecule has 0 radical (unpaired) electrons. The lowest BCUT2D eigenvalue weighted by atomic mass is 10.1. The summed E-state index contributed by atoms with van der Waals surface area (Å²) >= 11 is 1.74. The van der Waals surface area contributed by atoms with E-state index in [9.17, 15) is 4.79 Å².